The number of likely N-dealkylation sites (N-methyl/N-ethyl adjacent to an activating group) is 1. The number of carbonyl (C=O) groups is 2. The Morgan fingerprint density at radius 3 is 2.30 bits per heavy atom. The fourth-order valence-electron chi connectivity index (χ4n) is 3.82. The smallest absolute Gasteiger partial charge is 0.263 e. The molecular weight excluding hydrogens is 408 g/mol. The van der Waals surface area contributed by atoms with Gasteiger partial charge >= 0.3 is 0 Å². The highest BCUT2D eigenvalue weighted by molar-refractivity contribution is 7.89. The van der Waals surface area contributed by atoms with E-state index in [1.807, 2.05) is 0 Å². The zero-order chi connectivity index (χ0) is 21.9. The minimum absolute atomic E-state index is 0.000201. The van der Waals surface area contributed by atoms with E-state index in [0.717, 1.165) is 32.5 Å². The Hall–Kier alpha value is -2.17. The molecule has 2 aliphatic rings. The van der Waals surface area contributed by atoms with Gasteiger partial charge in [-0.2, -0.15) is 4.31 Å². The number of primary amides is 1. The van der Waals surface area contributed by atoms with Crippen molar-refractivity contribution in [2.75, 3.05) is 45.8 Å². The summed E-state index contributed by atoms with van der Waals surface area (Å²) in [6, 6.07) is 4.04. The standard InChI is InChI=1S/C20H30N4O5S/c1-3-22-10-12-23(13-11-22)20(26)15(2)29-18-7-6-16(14-17(18)19(21)25)30(27,28)24-8-4-5-9-24/h6-7,14-15H,3-5,8-13H2,1-2H3,(H2,21,25)/t15-/m0/s1. The maximum absolute atomic E-state index is 12.8. The van der Waals surface area contributed by atoms with E-state index in [4.69, 9.17) is 10.5 Å². The summed E-state index contributed by atoms with van der Waals surface area (Å²) in [5, 5.41) is 0. The minimum atomic E-state index is -3.69. The summed E-state index contributed by atoms with van der Waals surface area (Å²) in [4.78, 5) is 28.7. The molecule has 1 atom stereocenters. The molecule has 9 nitrogen and oxygen atoms in total. The third kappa shape index (κ3) is 4.76. The fraction of sp³-hybridized carbons (Fsp3) is 0.600. The van der Waals surface area contributed by atoms with Crippen LogP contribution in [-0.2, 0) is 14.8 Å². The Morgan fingerprint density at radius 2 is 1.73 bits per heavy atom. The molecule has 2 N–H and O–H groups in total. The molecule has 30 heavy (non-hydrogen) atoms. The lowest BCUT2D eigenvalue weighted by atomic mass is 10.2. The van der Waals surface area contributed by atoms with Crippen molar-refractivity contribution < 1.29 is 22.7 Å². The molecule has 2 aliphatic heterocycles. The molecule has 0 spiro atoms. The molecule has 2 amide bonds. The summed E-state index contributed by atoms with van der Waals surface area (Å²) in [5.41, 5.74) is 5.43. The van der Waals surface area contributed by atoms with E-state index in [-0.39, 0.29) is 22.1 Å². The molecular formula is C20H30N4O5S. The molecule has 3 rings (SSSR count). The van der Waals surface area contributed by atoms with Crippen LogP contribution in [0.4, 0.5) is 0 Å². The van der Waals surface area contributed by atoms with Crippen molar-refractivity contribution in [1.82, 2.24) is 14.1 Å². The Morgan fingerprint density at radius 1 is 1.10 bits per heavy atom. The van der Waals surface area contributed by atoms with E-state index in [9.17, 15) is 18.0 Å². The summed E-state index contributed by atoms with van der Waals surface area (Å²) in [7, 11) is -3.69. The van der Waals surface area contributed by atoms with E-state index in [0.29, 0.717) is 26.2 Å². The van der Waals surface area contributed by atoms with Gasteiger partial charge in [-0.05, 0) is 44.5 Å². The van der Waals surface area contributed by atoms with E-state index in [2.05, 4.69) is 11.8 Å². The van der Waals surface area contributed by atoms with Crippen LogP contribution in [0.3, 0.4) is 0 Å². The summed E-state index contributed by atoms with van der Waals surface area (Å²) in [6.45, 7) is 8.44. The van der Waals surface area contributed by atoms with Crippen LogP contribution >= 0.6 is 0 Å². The first-order valence-corrected chi connectivity index (χ1v) is 11.8. The molecule has 0 saturated carbocycles. The van der Waals surface area contributed by atoms with Gasteiger partial charge in [0.25, 0.3) is 11.8 Å². The molecule has 1 aromatic carbocycles. The number of amides is 2. The molecule has 0 unspecified atom stereocenters. The molecule has 0 aromatic heterocycles. The second-order valence-corrected chi connectivity index (χ2v) is 9.59. The fourth-order valence-corrected chi connectivity index (χ4v) is 5.37. The Balaban J connectivity index is 1.75. The zero-order valence-electron chi connectivity index (χ0n) is 17.5. The first-order valence-electron chi connectivity index (χ1n) is 10.4. The van der Waals surface area contributed by atoms with Crippen LogP contribution in [-0.4, -0.2) is 86.3 Å². The number of nitrogens with zero attached hydrogens (tertiary/aromatic N) is 3. The van der Waals surface area contributed by atoms with E-state index < -0.39 is 22.0 Å². The summed E-state index contributed by atoms with van der Waals surface area (Å²) in [6.07, 6.45) is 0.808. The number of nitrogens with two attached hydrogens (primary N) is 1. The van der Waals surface area contributed by atoms with Crippen molar-refractivity contribution in [3.8, 4) is 5.75 Å². The van der Waals surface area contributed by atoms with Crippen LogP contribution in [0.5, 0.6) is 5.75 Å². The van der Waals surface area contributed by atoms with Crippen LogP contribution in [0.2, 0.25) is 0 Å². The second-order valence-electron chi connectivity index (χ2n) is 7.65. The second kappa shape index (κ2) is 9.32. The molecule has 10 heteroatoms. The van der Waals surface area contributed by atoms with Gasteiger partial charge in [0.15, 0.2) is 6.10 Å². The van der Waals surface area contributed by atoms with Crippen LogP contribution in [0.1, 0.15) is 37.0 Å². The lowest BCUT2D eigenvalue weighted by Gasteiger charge is -2.35. The first kappa shape index (κ1) is 22.5. The SMILES string of the molecule is CCN1CCN(C(=O)[C@H](C)Oc2ccc(S(=O)(=O)N3CCCC3)cc2C(N)=O)CC1. The van der Waals surface area contributed by atoms with Gasteiger partial charge < -0.3 is 20.3 Å². The molecule has 2 saturated heterocycles. The molecule has 2 heterocycles. The highest BCUT2D eigenvalue weighted by atomic mass is 32.2. The normalized spacial score (nSPS) is 19.6. The Bertz CT molecular complexity index is 890. The third-order valence-corrected chi connectivity index (χ3v) is 7.60. The topological polar surface area (TPSA) is 113 Å². The predicted molar refractivity (Wildman–Crippen MR) is 112 cm³/mol. The maximum atomic E-state index is 12.8. The van der Waals surface area contributed by atoms with E-state index in [1.54, 1.807) is 11.8 Å². The quantitative estimate of drug-likeness (QED) is 0.663. The Labute approximate surface area is 177 Å². The van der Waals surface area contributed by atoms with Crippen molar-refractivity contribution in [3.63, 3.8) is 0 Å². The van der Waals surface area contributed by atoms with Crippen LogP contribution in [0, 0.1) is 0 Å². The van der Waals surface area contributed by atoms with Crippen LogP contribution < -0.4 is 10.5 Å². The lowest BCUT2D eigenvalue weighted by Crippen LogP contribution is -2.51. The monoisotopic (exact) mass is 438 g/mol. The minimum Gasteiger partial charge on any atom is -0.480 e. The molecule has 1 aromatic rings. The molecule has 0 aliphatic carbocycles. The van der Waals surface area contributed by atoms with Crippen molar-refractivity contribution in [2.45, 2.75) is 37.7 Å². The predicted octanol–water partition coefficient (Wildman–Crippen LogP) is 0.501. The van der Waals surface area contributed by atoms with Gasteiger partial charge in [-0.3, -0.25) is 9.59 Å². The lowest BCUT2D eigenvalue weighted by molar-refractivity contribution is -0.139. The number of hydrogen-bond acceptors (Lipinski definition) is 6. The van der Waals surface area contributed by atoms with Gasteiger partial charge in [-0.1, -0.05) is 6.92 Å². The van der Waals surface area contributed by atoms with Crippen molar-refractivity contribution in [3.05, 3.63) is 23.8 Å². The maximum Gasteiger partial charge on any atom is 0.263 e. The third-order valence-electron chi connectivity index (χ3n) is 5.70. The zero-order valence-corrected chi connectivity index (χ0v) is 18.4. The largest absolute Gasteiger partial charge is 0.480 e. The van der Waals surface area contributed by atoms with Crippen molar-refractivity contribution >= 4 is 21.8 Å². The molecule has 166 valence electrons. The Kier molecular flexibility index (Phi) is 6.99. The number of sulfonamides is 1. The molecule has 0 radical (unpaired) electrons. The molecule has 2 fully saturated rings. The summed E-state index contributed by atoms with van der Waals surface area (Å²) < 4.78 is 32.7. The number of ether oxygens (including phenoxy) is 1. The highest BCUT2D eigenvalue weighted by Crippen LogP contribution is 2.27. The van der Waals surface area contributed by atoms with E-state index in [1.165, 1.54) is 22.5 Å². The number of piperazine rings is 1. The van der Waals surface area contributed by atoms with Crippen molar-refractivity contribution in [1.29, 1.82) is 0 Å². The molecule has 0 bridgehead atoms. The number of benzene rings is 1. The van der Waals surface area contributed by atoms with Gasteiger partial charge in [0.2, 0.25) is 10.0 Å². The van der Waals surface area contributed by atoms with Gasteiger partial charge in [0, 0.05) is 39.3 Å². The first-order chi connectivity index (χ1) is 14.2. The number of hydrogen-bond donors (Lipinski definition) is 1. The average Bonchev–Trinajstić information content (AvgIpc) is 3.29. The number of rotatable bonds is 7. The van der Waals surface area contributed by atoms with Crippen LogP contribution in [0.25, 0.3) is 0 Å². The van der Waals surface area contributed by atoms with Gasteiger partial charge in [0.05, 0.1) is 10.5 Å². The van der Waals surface area contributed by atoms with E-state index >= 15 is 0 Å². The van der Waals surface area contributed by atoms with Gasteiger partial charge in [-0.15, -0.1) is 0 Å². The summed E-state index contributed by atoms with van der Waals surface area (Å²) in [5.74, 6) is -0.870. The highest BCUT2D eigenvalue weighted by Gasteiger charge is 2.30. The van der Waals surface area contributed by atoms with Gasteiger partial charge in [0.1, 0.15) is 5.75 Å². The van der Waals surface area contributed by atoms with Gasteiger partial charge in [-0.25, -0.2) is 8.42 Å². The van der Waals surface area contributed by atoms with Crippen molar-refractivity contribution in [2.24, 2.45) is 5.73 Å². The summed E-state index contributed by atoms with van der Waals surface area (Å²) >= 11 is 0. The number of carbonyl (C=O) groups excluding carboxylic acids is 2. The average molecular weight is 439 g/mol. The van der Waals surface area contributed by atoms with Crippen LogP contribution in [0.15, 0.2) is 23.1 Å².